The fourth-order valence-electron chi connectivity index (χ4n) is 4.56. The van der Waals surface area contributed by atoms with Gasteiger partial charge in [-0.2, -0.15) is 5.10 Å². The molecule has 0 aromatic heterocycles. The third kappa shape index (κ3) is 6.36. The Morgan fingerprint density at radius 2 is 1.75 bits per heavy atom. The van der Waals surface area contributed by atoms with Gasteiger partial charge in [0.25, 0.3) is 5.91 Å². The number of hydrogen-bond acceptors (Lipinski definition) is 5. The summed E-state index contributed by atoms with van der Waals surface area (Å²) < 4.78 is 18.9. The number of halogens is 1. The predicted octanol–water partition coefficient (Wildman–Crippen LogP) is 3.63. The molecule has 0 aliphatic carbocycles. The van der Waals surface area contributed by atoms with Gasteiger partial charge in [-0.15, -0.1) is 0 Å². The smallest absolute Gasteiger partial charge is 0.262 e. The summed E-state index contributed by atoms with van der Waals surface area (Å²) >= 11 is 0. The maximum atomic E-state index is 13.6. The van der Waals surface area contributed by atoms with Crippen molar-refractivity contribution < 1.29 is 18.7 Å². The van der Waals surface area contributed by atoms with Gasteiger partial charge in [-0.05, 0) is 30.2 Å². The first-order valence-corrected chi connectivity index (χ1v) is 12.6. The van der Waals surface area contributed by atoms with Gasteiger partial charge in [0.1, 0.15) is 12.4 Å². The van der Waals surface area contributed by atoms with Crippen LogP contribution in [0.15, 0.2) is 53.6 Å². The van der Waals surface area contributed by atoms with Crippen molar-refractivity contribution in [3.05, 3.63) is 71.0 Å². The molecule has 2 aliphatic heterocycles. The Kier molecular flexibility index (Phi) is 8.48. The standard InChI is InChI=1S/C28H35FN4O3/c1-20(2)28(35)32(13-12-31-14-16-36-17-15-31)19-27(34)33-26(23-6-4-21(3)5-7-23)18-25(30-33)22-8-10-24(29)11-9-22/h4-11,20,26H,12-19H2,1-3H3. The van der Waals surface area contributed by atoms with Crippen molar-refractivity contribution in [2.45, 2.75) is 33.2 Å². The Balaban J connectivity index is 1.55. The normalized spacial score (nSPS) is 18.4. The highest BCUT2D eigenvalue weighted by atomic mass is 19.1. The lowest BCUT2D eigenvalue weighted by atomic mass is 9.97. The third-order valence-electron chi connectivity index (χ3n) is 6.73. The van der Waals surface area contributed by atoms with Crippen LogP contribution in [0.1, 0.15) is 43.0 Å². The highest BCUT2D eigenvalue weighted by Gasteiger charge is 2.34. The van der Waals surface area contributed by atoms with Crippen molar-refractivity contribution in [2.24, 2.45) is 11.0 Å². The number of benzene rings is 2. The van der Waals surface area contributed by atoms with Crippen LogP contribution in [0.5, 0.6) is 0 Å². The minimum Gasteiger partial charge on any atom is -0.379 e. The Bertz CT molecular complexity index is 1080. The van der Waals surface area contributed by atoms with Crippen LogP contribution in [0.2, 0.25) is 0 Å². The fraction of sp³-hybridized carbons (Fsp3) is 0.464. The molecule has 2 aromatic carbocycles. The molecule has 2 amide bonds. The number of hydrogen-bond donors (Lipinski definition) is 0. The van der Waals surface area contributed by atoms with Crippen LogP contribution in [0.4, 0.5) is 4.39 Å². The van der Waals surface area contributed by atoms with E-state index in [0.29, 0.717) is 32.7 Å². The molecule has 2 aromatic rings. The molecule has 0 saturated carbocycles. The van der Waals surface area contributed by atoms with Crippen LogP contribution in [-0.2, 0) is 14.3 Å². The monoisotopic (exact) mass is 494 g/mol. The summed E-state index contributed by atoms with van der Waals surface area (Å²) in [4.78, 5) is 30.6. The van der Waals surface area contributed by atoms with E-state index in [1.807, 2.05) is 45.0 Å². The number of morpholine rings is 1. The van der Waals surface area contributed by atoms with E-state index < -0.39 is 0 Å². The van der Waals surface area contributed by atoms with E-state index in [2.05, 4.69) is 10.0 Å². The number of amides is 2. The van der Waals surface area contributed by atoms with Crippen LogP contribution in [0.25, 0.3) is 0 Å². The van der Waals surface area contributed by atoms with E-state index in [1.165, 1.54) is 17.1 Å². The van der Waals surface area contributed by atoms with E-state index in [0.717, 1.165) is 35.5 Å². The maximum absolute atomic E-state index is 13.6. The number of rotatable bonds is 8. The van der Waals surface area contributed by atoms with Crippen molar-refractivity contribution in [3.63, 3.8) is 0 Å². The second kappa shape index (κ2) is 11.8. The van der Waals surface area contributed by atoms with Crippen molar-refractivity contribution in [1.82, 2.24) is 14.8 Å². The average Bonchev–Trinajstić information content (AvgIpc) is 3.33. The summed E-state index contributed by atoms with van der Waals surface area (Å²) in [6, 6.07) is 14.0. The first kappa shape index (κ1) is 26.0. The largest absolute Gasteiger partial charge is 0.379 e. The Hall–Kier alpha value is -3.10. The van der Waals surface area contributed by atoms with Crippen molar-refractivity contribution in [1.29, 1.82) is 0 Å². The molecule has 36 heavy (non-hydrogen) atoms. The zero-order chi connectivity index (χ0) is 25.7. The van der Waals surface area contributed by atoms with Crippen molar-refractivity contribution >= 4 is 17.5 Å². The highest BCUT2D eigenvalue weighted by Crippen LogP contribution is 2.33. The third-order valence-corrected chi connectivity index (χ3v) is 6.73. The van der Waals surface area contributed by atoms with Gasteiger partial charge in [-0.1, -0.05) is 55.8 Å². The van der Waals surface area contributed by atoms with E-state index in [-0.39, 0.29) is 36.1 Å². The van der Waals surface area contributed by atoms with Crippen LogP contribution < -0.4 is 0 Å². The molecular weight excluding hydrogens is 459 g/mol. The molecule has 0 N–H and O–H groups in total. The molecular formula is C28H35FN4O3. The van der Waals surface area contributed by atoms with Gasteiger partial charge in [0.05, 0.1) is 25.0 Å². The minimum absolute atomic E-state index is 0.0378. The maximum Gasteiger partial charge on any atom is 0.262 e. The van der Waals surface area contributed by atoms with Crippen LogP contribution in [0, 0.1) is 18.7 Å². The Labute approximate surface area is 212 Å². The minimum atomic E-state index is -0.316. The number of carbonyl (C=O) groups excluding carboxylic acids is 2. The number of carbonyl (C=O) groups is 2. The van der Waals surface area contributed by atoms with E-state index in [1.54, 1.807) is 17.0 Å². The van der Waals surface area contributed by atoms with E-state index >= 15 is 0 Å². The lowest BCUT2D eigenvalue weighted by molar-refractivity contribution is -0.143. The van der Waals surface area contributed by atoms with E-state index in [9.17, 15) is 14.0 Å². The van der Waals surface area contributed by atoms with Crippen LogP contribution in [0.3, 0.4) is 0 Å². The molecule has 1 unspecified atom stereocenters. The van der Waals surface area contributed by atoms with Crippen molar-refractivity contribution in [2.75, 3.05) is 45.9 Å². The van der Waals surface area contributed by atoms with Gasteiger partial charge in [0.15, 0.2) is 0 Å². The molecule has 0 bridgehead atoms. The zero-order valence-electron chi connectivity index (χ0n) is 21.3. The lowest BCUT2D eigenvalue weighted by Gasteiger charge is -2.31. The first-order valence-electron chi connectivity index (χ1n) is 12.6. The fourth-order valence-corrected chi connectivity index (χ4v) is 4.56. The van der Waals surface area contributed by atoms with Gasteiger partial charge in [0.2, 0.25) is 5.91 Å². The van der Waals surface area contributed by atoms with Gasteiger partial charge in [-0.25, -0.2) is 9.40 Å². The predicted molar refractivity (Wildman–Crippen MR) is 137 cm³/mol. The molecule has 2 heterocycles. The molecule has 1 atom stereocenters. The Morgan fingerprint density at radius 3 is 2.39 bits per heavy atom. The molecule has 192 valence electrons. The molecule has 0 radical (unpaired) electrons. The topological polar surface area (TPSA) is 65.5 Å². The molecule has 1 fully saturated rings. The number of ether oxygens (including phenoxy) is 1. The molecule has 0 spiro atoms. The van der Waals surface area contributed by atoms with Gasteiger partial charge in [0, 0.05) is 38.5 Å². The summed E-state index contributed by atoms with van der Waals surface area (Å²) in [5, 5.41) is 6.20. The van der Waals surface area contributed by atoms with E-state index in [4.69, 9.17) is 4.74 Å². The summed E-state index contributed by atoms with van der Waals surface area (Å²) in [5.41, 5.74) is 3.62. The summed E-state index contributed by atoms with van der Waals surface area (Å²) in [5.74, 6) is -0.810. The number of nitrogens with zero attached hydrogens (tertiary/aromatic N) is 4. The van der Waals surface area contributed by atoms with Crippen molar-refractivity contribution in [3.8, 4) is 0 Å². The van der Waals surface area contributed by atoms with Gasteiger partial charge >= 0.3 is 0 Å². The molecule has 8 heteroatoms. The lowest BCUT2D eigenvalue weighted by Crippen LogP contribution is -2.47. The number of hydrazone groups is 1. The van der Waals surface area contributed by atoms with Gasteiger partial charge in [-0.3, -0.25) is 14.5 Å². The highest BCUT2D eigenvalue weighted by molar-refractivity contribution is 6.03. The summed E-state index contributed by atoms with van der Waals surface area (Å²) in [6.45, 7) is 9.87. The van der Waals surface area contributed by atoms with Gasteiger partial charge < -0.3 is 9.64 Å². The summed E-state index contributed by atoms with van der Waals surface area (Å²) in [7, 11) is 0. The van der Waals surface area contributed by atoms with Crippen LogP contribution in [-0.4, -0.2) is 78.3 Å². The summed E-state index contributed by atoms with van der Waals surface area (Å²) in [6.07, 6.45) is 0.520. The second-order valence-corrected chi connectivity index (χ2v) is 9.79. The number of aryl methyl sites for hydroxylation is 1. The Morgan fingerprint density at radius 1 is 1.08 bits per heavy atom. The quantitative estimate of drug-likeness (QED) is 0.562. The first-order chi connectivity index (χ1) is 17.3. The average molecular weight is 495 g/mol. The molecule has 4 rings (SSSR count). The molecule has 7 nitrogen and oxygen atoms in total. The van der Waals surface area contributed by atoms with Crippen LogP contribution >= 0.6 is 0 Å². The second-order valence-electron chi connectivity index (χ2n) is 9.79. The molecule has 1 saturated heterocycles. The molecule has 2 aliphatic rings. The SMILES string of the molecule is Cc1ccc(C2CC(c3ccc(F)cc3)=NN2C(=O)CN(CCN2CCOCC2)C(=O)C(C)C)cc1. The zero-order valence-corrected chi connectivity index (χ0v) is 21.3.